The van der Waals surface area contributed by atoms with E-state index < -0.39 is 46.7 Å². The van der Waals surface area contributed by atoms with Crippen LogP contribution in [-0.2, 0) is 47.0 Å². The second kappa shape index (κ2) is 17.5. The van der Waals surface area contributed by atoms with Gasteiger partial charge in [0.1, 0.15) is 34.9 Å². The van der Waals surface area contributed by atoms with Gasteiger partial charge in [0.2, 0.25) is 11.9 Å². The molecule has 0 radical (unpaired) electrons. The molecule has 1 atom stereocenters. The van der Waals surface area contributed by atoms with Crippen LogP contribution in [0.1, 0.15) is 87.3 Å². The number of carbonyl (C=O) groups is 4. The molecule has 0 bridgehead atoms. The number of carboxylic acids is 1. The van der Waals surface area contributed by atoms with Gasteiger partial charge in [0, 0.05) is 11.8 Å². The van der Waals surface area contributed by atoms with Crippen LogP contribution in [0.4, 0.5) is 9.93 Å². The van der Waals surface area contributed by atoms with Crippen LogP contribution in [0, 0.1) is 0 Å². The first-order valence-corrected chi connectivity index (χ1v) is 17.6. The Labute approximate surface area is 307 Å². The van der Waals surface area contributed by atoms with E-state index in [1.165, 1.54) is 5.38 Å². The Morgan fingerprint density at radius 1 is 0.923 bits per heavy atom. The van der Waals surface area contributed by atoms with Crippen molar-refractivity contribution in [1.29, 1.82) is 0 Å². The number of unbranched alkanes of at least 4 members (excludes halogenated alkanes) is 1. The van der Waals surface area contributed by atoms with E-state index in [1.54, 1.807) is 53.7 Å². The summed E-state index contributed by atoms with van der Waals surface area (Å²) in [4.78, 5) is 58.8. The van der Waals surface area contributed by atoms with E-state index in [1.807, 2.05) is 57.0 Å². The molecule has 2 N–H and O–H groups in total. The highest BCUT2D eigenvalue weighted by atomic mass is 32.1. The Morgan fingerprint density at radius 2 is 1.56 bits per heavy atom. The Hall–Kier alpha value is -4.99. The number of aliphatic carboxylic acids is 1. The fourth-order valence-corrected chi connectivity index (χ4v) is 5.12. The molecule has 0 aliphatic rings. The summed E-state index contributed by atoms with van der Waals surface area (Å²) in [5, 5.41) is 17.5. The Morgan fingerprint density at radius 3 is 2.15 bits per heavy atom. The first-order valence-electron chi connectivity index (χ1n) is 16.8. The number of ether oxygens (including phenoxy) is 4. The number of thiazole rings is 1. The molecule has 0 aliphatic carbocycles. The Balaban J connectivity index is 1.67. The van der Waals surface area contributed by atoms with Crippen molar-refractivity contribution >= 4 is 46.2 Å². The number of esters is 2. The molecule has 52 heavy (non-hydrogen) atoms. The van der Waals surface area contributed by atoms with Crippen molar-refractivity contribution in [2.24, 2.45) is 12.2 Å². The summed E-state index contributed by atoms with van der Waals surface area (Å²) in [6.45, 7) is 16.1. The van der Waals surface area contributed by atoms with Crippen molar-refractivity contribution in [3.63, 3.8) is 0 Å². The van der Waals surface area contributed by atoms with Crippen molar-refractivity contribution < 1.29 is 52.8 Å². The van der Waals surface area contributed by atoms with Crippen molar-refractivity contribution in [3.05, 3.63) is 47.7 Å². The minimum atomic E-state index is -1.48. The Bertz CT molecular complexity index is 1730. The highest BCUT2D eigenvalue weighted by molar-refractivity contribution is 7.14. The molecule has 16 heteroatoms. The molecule has 1 aromatic carbocycles. The molecule has 3 rings (SSSR count). The highest BCUT2D eigenvalue weighted by Gasteiger charge is 2.30. The molecule has 3 aromatic rings. The van der Waals surface area contributed by atoms with Gasteiger partial charge in [-0.1, -0.05) is 17.3 Å². The van der Waals surface area contributed by atoms with Gasteiger partial charge in [-0.25, -0.2) is 19.4 Å². The summed E-state index contributed by atoms with van der Waals surface area (Å²) in [7, 11) is 1.94. The van der Waals surface area contributed by atoms with E-state index in [0.717, 1.165) is 35.4 Å². The predicted molar refractivity (Wildman–Crippen MR) is 193 cm³/mol. The first-order chi connectivity index (χ1) is 24.1. The quantitative estimate of drug-likeness (QED) is 0.0473. The molecule has 2 aromatic heterocycles. The van der Waals surface area contributed by atoms with Gasteiger partial charge in [-0.3, -0.25) is 10.1 Å². The molecule has 2 heterocycles. The molecule has 0 saturated carbocycles. The SMILES string of the molecule is C[n+]1cc(-c2ccc(OC[C@H](O/N=C(\C(=O)O)c3csc(NC(=O)OC(C)(C)C)n3)C(=O)OC(C)(C)C)cc2)cn1CCCCC(=O)OC(C)(C)C. The average molecular weight is 745 g/mol. The Kier molecular flexibility index (Phi) is 13.9. The van der Waals surface area contributed by atoms with E-state index in [9.17, 15) is 24.3 Å². The molecule has 0 aliphatic heterocycles. The van der Waals surface area contributed by atoms with Crippen LogP contribution in [0.3, 0.4) is 0 Å². The summed E-state index contributed by atoms with van der Waals surface area (Å²) in [5.74, 6) is -2.07. The second-order valence-corrected chi connectivity index (χ2v) is 15.7. The fraction of sp³-hybridized carbons (Fsp3) is 0.528. The first kappa shape index (κ1) is 41.4. The van der Waals surface area contributed by atoms with Crippen LogP contribution in [0.25, 0.3) is 11.1 Å². The lowest BCUT2D eigenvalue weighted by Crippen LogP contribution is -2.37. The molecular weight excluding hydrogens is 694 g/mol. The predicted octanol–water partition coefficient (Wildman–Crippen LogP) is 5.89. The molecule has 0 unspecified atom stereocenters. The number of nitrogens with zero attached hydrogens (tertiary/aromatic N) is 4. The van der Waals surface area contributed by atoms with Crippen LogP contribution in [0.2, 0.25) is 0 Å². The van der Waals surface area contributed by atoms with Gasteiger partial charge in [-0.05, 0) is 92.9 Å². The number of aryl methyl sites for hydroxylation is 2. The lowest BCUT2D eigenvalue weighted by Gasteiger charge is -2.23. The van der Waals surface area contributed by atoms with Crippen LogP contribution in [-0.4, -0.2) is 74.0 Å². The minimum absolute atomic E-state index is 0.0780. The standard InChI is InChI=1S/C36H49N5O10S/c1-34(2,3)48-28(42)13-11-12-18-41-20-24(19-40(41)10)23-14-16-25(17-15-23)47-21-27(31(45)49-35(4,5)6)51-39-29(30(43)44)26-22-52-32(37-26)38-33(46)50-36(7,8)9/h14-17,19-20,22,27H,11-13,18,21H2,1-10H3,(H-,37,38,43,44,46)/p+1/b39-29-/t27-/m0/s1. The number of anilines is 1. The lowest BCUT2D eigenvalue weighted by atomic mass is 10.1. The number of hydrogen-bond acceptors (Lipinski definition) is 12. The summed E-state index contributed by atoms with van der Waals surface area (Å²) in [6.07, 6.45) is 3.71. The van der Waals surface area contributed by atoms with E-state index in [2.05, 4.69) is 20.1 Å². The summed E-state index contributed by atoms with van der Waals surface area (Å²) < 4.78 is 25.9. The number of benzene rings is 1. The number of rotatable bonds is 15. The number of hydrogen-bond donors (Lipinski definition) is 2. The number of carbonyl (C=O) groups excluding carboxylic acids is 3. The zero-order chi connectivity index (χ0) is 38.9. The van der Waals surface area contributed by atoms with Crippen molar-refractivity contribution in [2.75, 3.05) is 11.9 Å². The van der Waals surface area contributed by atoms with Gasteiger partial charge < -0.3 is 28.9 Å². The van der Waals surface area contributed by atoms with Gasteiger partial charge in [0.25, 0.3) is 6.10 Å². The zero-order valence-corrected chi connectivity index (χ0v) is 32.3. The van der Waals surface area contributed by atoms with Gasteiger partial charge in [-0.15, -0.1) is 16.0 Å². The van der Waals surface area contributed by atoms with Gasteiger partial charge in [0.05, 0.1) is 18.3 Å². The average Bonchev–Trinajstić information content (AvgIpc) is 3.60. The van der Waals surface area contributed by atoms with Crippen LogP contribution in [0.5, 0.6) is 5.75 Å². The number of carboxylic acid groups (broad SMARTS) is 1. The van der Waals surface area contributed by atoms with E-state index in [4.69, 9.17) is 23.8 Å². The minimum Gasteiger partial charge on any atom is -0.489 e. The summed E-state index contributed by atoms with van der Waals surface area (Å²) in [6, 6.07) is 7.21. The highest BCUT2D eigenvalue weighted by Crippen LogP contribution is 2.23. The lowest BCUT2D eigenvalue weighted by molar-refractivity contribution is -0.753. The molecule has 1 amide bonds. The fourth-order valence-electron chi connectivity index (χ4n) is 4.43. The van der Waals surface area contributed by atoms with E-state index in [0.29, 0.717) is 18.6 Å². The molecule has 0 spiro atoms. The maximum absolute atomic E-state index is 13.0. The molecular formula is C36H50N5O10S+. The number of nitrogens with one attached hydrogen (secondary N) is 1. The van der Waals surface area contributed by atoms with Gasteiger partial charge in [0.15, 0.2) is 12.2 Å². The van der Waals surface area contributed by atoms with Crippen LogP contribution < -0.4 is 14.7 Å². The molecule has 15 nitrogen and oxygen atoms in total. The van der Waals surface area contributed by atoms with Gasteiger partial charge >= 0.3 is 24.0 Å². The zero-order valence-electron chi connectivity index (χ0n) is 31.5. The summed E-state index contributed by atoms with van der Waals surface area (Å²) in [5.41, 5.74) is -0.924. The smallest absolute Gasteiger partial charge is 0.413 e. The number of oxime groups is 1. The largest absolute Gasteiger partial charge is 0.489 e. The molecule has 0 saturated heterocycles. The number of amides is 1. The molecule has 284 valence electrons. The third-order valence-electron chi connectivity index (χ3n) is 6.54. The van der Waals surface area contributed by atoms with Crippen LogP contribution >= 0.6 is 11.3 Å². The van der Waals surface area contributed by atoms with E-state index >= 15 is 0 Å². The monoisotopic (exact) mass is 744 g/mol. The second-order valence-electron chi connectivity index (χ2n) is 14.9. The topological polar surface area (TPSA) is 181 Å². The molecule has 0 fully saturated rings. The maximum atomic E-state index is 13.0. The van der Waals surface area contributed by atoms with Gasteiger partial charge in [-0.2, -0.15) is 4.68 Å². The third-order valence-corrected chi connectivity index (χ3v) is 7.30. The van der Waals surface area contributed by atoms with Crippen molar-refractivity contribution in [2.45, 2.75) is 111 Å². The van der Waals surface area contributed by atoms with E-state index in [-0.39, 0.29) is 23.4 Å². The maximum Gasteiger partial charge on any atom is 0.413 e. The summed E-state index contributed by atoms with van der Waals surface area (Å²) >= 11 is 0.956. The van der Waals surface area contributed by atoms with Crippen molar-refractivity contribution in [1.82, 2.24) is 9.67 Å². The number of aromatic nitrogens is 3. The normalized spacial score (nSPS) is 12.8. The van der Waals surface area contributed by atoms with Crippen LogP contribution in [0.15, 0.2) is 47.2 Å². The third kappa shape index (κ3) is 14.3. The van der Waals surface area contributed by atoms with Crippen molar-refractivity contribution in [3.8, 4) is 16.9 Å².